The zero-order valence-corrected chi connectivity index (χ0v) is 9.15. The number of halogens is 2. The molecule has 0 radical (unpaired) electrons. The molecule has 1 fully saturated rings. The highest BCUT2D eigenvalue weighted by Gasteiger charge is 2.15. The molecule has 0 atom stereocenters. The first-order chi connectivity index (χ1) is 7.27. The largest absolute Gasteiger partial charge is 0.379 e. The lowest BCUT2D eigenvalue weighted by Gasteiger charge is -2.25. The third kappa shape index (κ3) is 2.61. The van der Waals surface area contributed by atoms with Gasteiger partial charge < -0.3 is 10.6 Å². The minimum Gasteiger partial charge on any atom is -0.379 e. The van der Waals surface area contributed by atoms with Crippen molar-refractivity contribution in [3.05, 3.63) is 29.0 Å². The molecule has 1 aromatic rings. The van der Waals surface area contributed by atoms with Crippen LogP contribution >= 0.6 is 11.6 Å². The first-order valence-electron chi connectivity index (χ1n) is 5.18. The second-order valence-corrected chi connectivity index (χ2v) is 4.17. The Morgan fingerprint density at radius 2 is 2.07 bits per heavy atom. The van der Waals surface area contributed by atoms with Gasteiger partial charge in [0.1, 0.15) is 5.82 Å². The highest BCUT2D eigenvalue weighted by atomic mass is 35.5. The summed E-state index contributed by atoms with van der Waals surface area (Å²) in [6, 6.07) is 5.06. The number of hydrogen-bond acceptors (Lipinski definition) is 2. The smallest absolute Gasteiger partial charge is 0.147 e. The van der Waals surface area contributed by atoms with Crippen molar-refractivity contribution in [1.82, 2.24) is 5.32 Å². The summed E-state index contributed by atoms with van der Waals surface area (Å²) in [6.45, 7) is 1.95. The van der Waals surface area contributed by atoms with Gasteiger partial charge in [-0.25, -0.2) is 4.39 Å². The van der Waals surface area contributed by atoms with Crippen LogP contribution in [0.15, 0.2) is 18.2 Å². The van der Waals surface area contributed by atoms with Gasteiger partial charge in [-0.05, 0) is 38.1 Å². The molecule has 4 heteroatoms. The Hall–Kier alpha value is -0.800. The molecule has 1 heterocycles. The molecule has 82 valence electrons. The first-order valence-corrected chi connectivity index (χ1v) is 5.56. The Morgan fingerprint density at radius 3 is 2.73 bits per heavy atom. The minimum absolute atomic E-state index is 0.277. The number of benzene rings is 1. The van der Waals surface area contributed by atoms with Gasteiger partial charge in [-0.15, -0.1) is 0 Å². The lowest BCUT2D eigenvalue weighted by molar-refractivity contribution is 0.477. The predicted molar refractivity (Wildman–Crippen MR) is 60.9 cm³/mol. The monoisotopic (exact) mass is 228 g/mol. The number of anilines is 1. The summed E-state index contributed by atoms with van der Waals surface area (Å²) in [5, 5.41) is 6.89. The van der Waals surface area contributed by atoms with Crippen molar-refractivity contribution in [2.45, 2.75) is 18.9 Å². The number of piperidine rings is 1. The molecular weight excluding hydrogens is 215 g/mol. The normalized spacial score (nSPS) is 17.7. The van der Waals surface area contributed by atoms with Gasteiger partial charge in [0.05, 0.1) is 10.7 Å². The van der Waals surface area contributed by atoms with Crippen LogP contribution in [0.1, 0.15) is 12.8 Å². The lowest BCUT2D eigenvalue weighted by atomic mass is 10.1. The number of rotatable bonds is 2. The maximum Gasteiger partial charge on any atom is 0.147 e. The highest BCUT2D eigenvalue weighted by Crippen LogP contribution is 2.26. The molecule has 2 nitrogen and oxygen atoms in total. The van der Waals surface area contributed by atoms with E-state index in [0.717, 1.165) is 25.9 Å². The Balaban J connectivity index is 2.09. The van der Waals surface area contributed by atoms with Crippen LogP contribution in [0.25, 0.3) is 0 Å². The van der Waals surface area contributed by atoms with E-state index in [1.165, 1.54) is 6.07 Å². The Labute approximate surface area is 93.8 Å². The van der Waals surface area contributed by atoms with Gasteiger partial charge in [-0.1, -0.05) is 17.7 Å². The average Bonchev–Trinajstić information content (AvgIpc) is 2.25. The fourth-order valence-electron chi connectivity index (χ4n) is 1.81. The summed E-state index contributed by atoms with van der Waals surface area (Å²) >= 11 is 5.93. The SMILES string of the molecule is Fc1cccc(Cl)c1NC1CCNCC1. The third-order valence-electron chi connectivity index (χ3n) is 2.65. The lowest BCUT2D eigenvalue weighted by Crippen LogP contribution is -2.35. The van der Waals surface area contributed by atoms with E-state index in [-0.39, 0.29) is 5.82 Å². The first kappa shape index (κ1) is 10.7. The molecule has 1 aromatic carbocycles. The van der Waals surface area contributed by atoms with E-state index >= 15 is 0 Å². The quantitative estimate of drug-likeness (QED) is 0.813. The maximum atomic E-state index is 13.4. The topological polar surface area (TPSA) is 24.1 Å². The van der Waals surface area contributed by atoms with Gasteiger partial charge in [-0.3, -0.25) is 0 Å². The van der Waals surface area contributed by atoms with E-state index in [1.807, 2.05) is 0 Å². The van der Waals surface area contributed by atoms with E-state index in [4.69, 9.17) is 11.6 Å². The molecule has 1 aliphatic rings. The van der Waals surface area contributed by atoms with Crippen LogP contribution < -0.4 is 10.6 Å². The second-order valence-electron chi connectivity index (χ2n) is 3.77. The second kappa shape index (κ2) is 4.81. The molecule has 0 aliphatic carbocycles. The summed E-state index contributed by atoms with van der Waals surface area (Å²) in [7, 11) is 0. The molecule has 0 aromatic heterocycles. The third-order valence-corrected chi connectivity index (χ3v) is 2.97. The van der Waals surface area contributed by atoms with Crippen molar-refractivity contribution in [3.63, 3.8) is 0 Å². The summed E-state index contributed by atoms with van der Waals surface area (Å²) in [6.07, 6.45) is 2.01. The van der Waals surface area contributed by atoms with Crippen LogP contribution in [-0.4, -0.2) is 19.1 Å². The summed E-state index contributed by atoms with van der Waals surface area (Å²) in [5.74, 6) is -0.277. The van der Waals surface area contributed by atoms with Crippen LogP contribution in [0.5, 0.6) is 0 Å². The van der Waals surface area contributed by atoms with E-state index in [0.29, 0.717) is 16.8 Å². The van der Waals surface area contributed by atoms with E-state index < -0.39 is 0 Å². The van der Waals surface area contributed by atoms with Crippen molar-refractivity contribution < 1.29 is 4.39 Å². The summed E-state index contributed by atoms with van der Waals surface area (Å²) in [5.41, 5.74) is 0.436. The van der Waals surface area contributed by atoms with Crippen molar-refractivity contribution >= 4 is 17.3 Å². The highest BCUT2D eigenvalue weighted by molar-refractivity contribution is 6.33. The van der Waals surface area contributed by atoms with Crippen LogP contribution in [0, 0.1) is 5.82 Å². The van der Waals surface area contributed by atoms with E-state index in [1.54, 1.807) is 12.1 Å². The molecular formula is C11H14ClFN2. The molecule has 1 saturated heterocycles. The predicted octanol–water partition coefficient (Wildman–Crippen LogP) is 2.64. The summed E-state index contributed by atoms with van der Waals surface area (Å²) in [4.78, 5) is 0. The van der Waals surface area contributed by atoms with Crippen LogP contribution in [0.3, 0.4) is 0 Å². The van der Waals surface area contributed by atoms with Crippen LogP contribution in [-0.2, 0) is 0 Å². The summed E-state index contributed by atoms with van der Waals surface area (Å²) < 4.78 is 13.4. The zero-order chi connectivity index (χ0) is 10.7. The van der Waals surface area contributed by atoms with Gasteiger partial charge in [0.15, 0.2) is 0 Å². The van der Waals surface area contributed by atoms with E-state index in [2.05, 4.69) is 10.6 Å². The van der Waals surface area contributed by atoms with Crippen molar-refractivity contribution in [2.24, 2.45) is 0 Å². The Morgan fingerprint density at radius 1 is 1.33 bits per heavy atom. The van der Waals surface area contributed by atoms with Gasteiger partial charge in [0, 0.05) is 6.04 Å². The van der Waals surface area contributed by atoms with Crippen molar-refractivity contribution in [1.29, 1.82) is 0 Å². The number of hydrogen-bond donors (Lipinski definition) is 2. The van der Waals surface area contributed by atoms with Gasteiger partial charge >= 0.3 is 0 Å². The van der Waals surface area contributed by atoms with Crippen LogP contribution in [0.2, 0.25) is 5.02 Å². The standard InChI is InChI=1S/C11H14ClFN2/c12-9-2-1-3-10(13)11(9)15-8-4-6-14-7-5-8/h1-3,8,14-15H,4-7H2. The fourth-order valence-corrected chi connectivity index (χ4v) is 2.02. The average molecular weight is 229 g/mol. The molecule has 2 rings (SSSR count). The molecule has 0 spiro atoms. The maximum absolute atomic E-state index is 13.4. The number of nitrogens with one attached hydrogen (secondary N) is 2. The fraction of sp³-hybridized carbons (Fsp3) is 0.455. The Kier molecular flexibility index (Phi) is 3.44. The van der Waals surface area contributed by atoms with Crippen molar-refractivity contribution in [3.8, 4) is 0 Å². The van der Waals surface area contributed by atoms with Gasteiger partial charge in [0.25, 0.3) is 0 Å². The molecule has 0 saturated carbocycles. The molecule has 0 amide bonds. The molecule has 1 aliphatic heterocycles. The van der Waals surface area contributed by atoms with Gasteiger partial charge in [-0.2, -0.15) is 0 Å². The molecule has 0 bridgehead atoms. The number of para-hydroxylation sites is 1. The molecule has 2 N–H and O–H groups in total. The van der Waals surface area contributed by atoms with E-state index in [9.17, 15) is 4.39 Å². The molecule has 0 unspecified atom stereocenters. The minimum atomic E-state index is -0.277. The van der Waals surface area contributed by atoms with Crippen LogP contribution in [0.4, 0.5) is 10.1 Å². The Bertz CT molecular complexity index is 317. The van der Waals surface area contributed by atoms with Crippen molar-refractivity contribution in [2.75, 3.05) is 18.4 Å². The zero-order valence-electron chi connectivity index (χ0n) is 8.39. The van der Waals surface area contributed by atoms with Gasteiger partial charge in [0.2, 0.25) is 0 Å². The molecule has 15 heavy (non-hydrogen) atoms.